The van der Waals surface area contributed by atoms with Gasteiger partial charge in [-0.2, -0.15) is 0 Å². The average Bonchev–Trinajstić information content (AvgIpc) is 2.74. The molecular weight excluding hydrogens is 404 g/mol. The molecule has 0 aromatic heterocycles. The molecule has 0 saturated heterocycles. The third-order valence-electron chi connectivity index (χ3n) is 4.38. The van der Waals surface area contributed by atoms with Crippen LogP contribution >= 0.6 is 0 Å². The molecule has 3 aromatic rings. The Morgan fingerprint density at radius 1 is 0.933 bits per heavy atom. The van der Waals surface area contributed by atoms with Gasteiger partial charge in [0.1, 0.15) is 17.2 Å². The minimum Gasteiger partial charge on any atom is -0.496 e. The van der Waals surface area contributed by atoms with Crippen LogP contribution in [0.1, 0.15) is 10.4 Å². The zero-order valence-corrected chi connectivity index (χ0v) is 17.6. The van der Waals surface area contributed by atoms with E-state index in [9.17, 15) is 13.2 Å². The summed E-state index contributed by atoms with van der Waals surface area (Å²) in [4.78, 5) is 12.8. The van der Waals surface area contributed by atoms with Gasteiger partial charge in [0.2, 0.25) is 10.0 Å². The smallest absolute Gasteiger partial charge is 0.259 e. The maximum absolute atomic E-state index is 12.8. The molecule has 0 heterocycles. The van der Waals surface area contributed by atoms with Crippen molar-refractivity contribution in [3.05, 3.63) is 78.4 Å². The molecule has 0 atom stereocenters. The van der Waals surface area contributed by atoms with Gasteiger partial charge in [-0.1, -0.05) is 18.2 Å². The van der Waals surface area contributed by atoms with Gasteiger partial charge in [-0.3, -0.25) is 9.10 Å². The zero-order valence-electron chi connectivity index (χ0n) is 16.8. The van der Waals surface area contributed by atoms with Crippen LogP contribution < -0.4 is 19.1 Å². The van der Waals surface area contributed by atoms with E-state index in [4.69, 9.17) is 9.47 Å². The number of para-hydroxylation sites is 1. The summed E-state index contributed by atoms with van der Waals surface area (Å²) in [6.07, 6.45) is 1.09. The van der Waals surface area contributed by atoms with Gasteiger partial charge < -0.3 is 14.8 Å². The van der Waals surface area contributed by atoms with Crippen LogP contribution in [0.25, 0.3) is 0 Å². The Kier molecular flexibility index (Phi) is 6.27. The third-order valence-corrected chi connectivity index (χ3v) is 5.59. The van der Waals surface area contributed by atoms with Crippen molar-refractivity contribution in [1.82, 2.24) is 0 Å². The topological polar surface area (TPSA) is 84.9 Å². The summed E-state index contributed by atoms with van der Waals surface area (Å²) >= 11 is 0. The highest BCUT2D eigenvalue weighted by Crippen LogP contribution is 2.27. The molecule has 0 fully saturated rings. The molecular formula is C22H22N2O5S. The molecule has 156 valence electrons. The molecule has 0 aliphatic heterocycles. The molecule has 1 N–H and O–H groups in total. The molecule has 30 heavy (non-hydrogen) atoms. The highest BCUT2D eigenvalue weighted by molar-refractivity contribution is 7.92. The summed E-state index contributed by atoms with van der Waals surface area (Å²) in [5.41, 5.74) is 1.13. The second kappa shape index (κ2) is 8.87. The molecule has 0 bridgehead atoms. The Balaban J connectivity index is 1.78. The minimum atomic E-state index is -3.46. The zero-order chi connectivity index (χ0) is 21.7. The first-order valence-corrected chi connectivity index (χ1v) is 10.9. The molecule has 8 heteroatoms. The Bertz CT molecular complexity index is 1130. The number of hydrogen-bond acceptors (Lipinski definition) is 5. The maximum Gasteiger partial charge on any atom is 0.259 e. The summed E-state index contributed by atoms with van der Waals surface area (Å²) in [5.74, 6) is 1.26. The fourth-order valence-corrected chi connectivity index (χ4v) is 3.19. The second-order valence-corrected chi connectivity index (χ2v) is 8.52. The normalized spacial score (nSPS) is 10.9. The van der Waals surface area contributed by atoms with Gasteiger partial charge in [-0.05, 0) is 54.6 Å². The number of sulfonamides is 1. The van der Waals surface area contributed by atoms with Gasteiger partial charge in [-0.15, -0.1) is 0 Å². The van der Waals surface area contributed by atoms with Crippen LogP contribution in [0.5, 0.6) is 17.2 Å². The Hall–Kier alpha value is -3.52. The van der Waals surface area contributed by atoms with Gasteiger partial charge in [0.05, 0.1) is 24.6 Å². The SMILES string of the molecule is COc1ccc(N(C)S(C)(=O)=O)cc1C(=O)Nc1ccc(Oc2ccccc2)cc1. The monoisotopic (exact) mass is 426 g/mol. The third kappa shape index (κ3) is 5.09. The molecule has 0 radical (unpaired) electrons. The van der Waals surface area contributed by atoms with Crippen LogP contribution in [0, 0.1) is 0 Å². The molecule has 3 rings (SSSR count). The number of hydrogen-bond donors (Lipinski definition) is 1. The van der Waals surface area contributed by atoms with Gasteiger partial charge in [-0.25, -0.2) is 8.42 Å². The molecule has 1 amide bonds. The van der Waals surface area contributed by atoms with E-state index in [-0.39, 0.29) is 5.56 Å². The van der Waals surface area contributed by atoms with E-state index in [1.807, 2.05) is 30.3 Å². The molecule has 0 aliphatic carbocycles. The predicted octanol–water partition coefficient (Wildman–Crippen LogP) is 4.14. The summed E-state index contributed by atoms with van der Waals surface area (Å²) in [7, 11) is -0.593. The average molecular weight is 426 g/mol. The lowest BCUT2D eigenvalue weighted by molar-refractivity contribution is 0.102. The van der Waals surface area contributed by atoms with Crippen LogP contribution in [-0.4, -0.2) is 34.7 Å². The van der Waals surface area contributed by atoms with Gasteiger partial charge in [0.15, 0.2) is 0 Å². The van der Waals surface area contributed by atoms with Crippen molar-refractivity contribution in [3.8, 4) is 17.2 Å². The largest absolute Gasteiger partial charge is 0.496 e. The number of carbonyl (C=O) groups is 1. The number of nitrogens with zero attached hydrogens (tertiary/aromatic N) is 1. The maximum atomic E-state index is 12.8. The van der Waals surface area contributed by atoms with Gasteiger partial charge >= 0.3 is 0 Å². The van der Waals surface area contributed by atoms with Crippen LogP contribution in [0.4, 0.5) is 11.4 Å². The van der Waals surface area contributed by atoms with E-state index in [2.05, 4.69) is 5.32 Å². The number of benzene rings is 3. The van der Waals surface area contributed by atoms with Gasteiger partial charge in [0.25, 0.3) is 5.91 Å². The number of anilines is 2. The lowest BCUT2D eigenvalue weighted by Crippen LogP contribution is -2.25. The molecule has 0 saturated carbocycles. The summed E-state index contributed by atoms with van der Waals surface area (Å²) in [6, 6.07) is 20.9. The summed E-state index contributed by atoms with van der Waals surface area (Å²) in [5, 5.41) is 2.79. The van der Waals surface area contributed by atoms with E-state index in [1.165, 1.54) is 20.2 Å². The second-order valence-electron chi connectivity index (χ2n) is 6.51. The first kappa shape index (κ1) is 21.2. The van der Waals surface area contributed by atoms with Crippen LogP contribution in [-0.2, 0) is 10.0 Å². The number of ether oxygens (including phenoxy) is 2. The molecule has 0 unspecified atom stereocenters. The highest BCUT2D eigenvalue weighted by atomic mass is 32.2. The number of nitrogens with one attached hydrogen (secondary N) is 1. The quantitative estimate of drug-likeness (QED) is 0.614. The van der Waals surface area contributed by atoms with Crippen molar-refractivity contribution in [2.45, 2.75) is 0 Å². The molecule has 0 spiro atoms. The lowest BCUT2D eigenvalue weighted by Gasteiger charge is -2.18. The first-order valence-electron chi connectivity index (χ1n) is 9.04. The van der Waals surface area contributed by atoms with Crippen LogP contribution in [0.3, 0.4) is 0 Å². The summed E-state index contributed by atoms with van der Waals surface area (Å²) < 4.78 is 35.7. The van der Waals surface area contributed by atoms with Crippen molar-refractivity contribution < 1.29 is 22.7 Å². The Labute approximate surface area is 175 Å². The minimum absolute atomic E-state index is 0.218. The summed E-state index contributed by atoms with van der Waals surface area (Å²) in [6.45, 7) is 0. The Morgan fingerprint density at radius 3 is 2.17 bits per heavy atom. The van der Waals surface area contributed by atoms with Crippen LogP contribution in [0.2, 0.25) is 0 Å². The molecule has 3 aromatic carbocycles. The van der Waals surface area contributed by atoms with E-state index in [1.54, 1.807) is 36.4 Å². The van der Waals surface area contributed by atoms with Crippen molar-refractivity contribution in [2.24, 2.45) is 0 Å². The number of methoxy groups -OCH3 is 1. The van der Waals surface area contributed by atoms with Crippen molar-refractivity contribution in [1.29, 1.82) is 0 Å². The number of rotatable bonds is 7. The fraction of sp³-hybridized carbons (Fsp3) is 0.136. The van der Waals surface area contributed by atoms with Crippen molar-refractivity contribution >= 4 is 27.3 Å². The van der Waals surface area contributed by atoms with E-state index in [0.29, 0.717) is 28.6 Å². The lowest BCUT2D eigenvalue weighted by atomic mass is 10.1. The van der Waals surface area contributed by atoms with E-state index in [0.717, 1.165) is 10.6 Å². The van der Waals surface area contributed by atoms with Crippen molar-refractivity contribution in [3.63, 3.8) is 0 Å². The fourth-order valence-electron chi connectivity index (χ4n) is 2.69. The molecule has 0 aliphatic rings. The Morgan fingerprint density at radius 2 is 1.57 bits per heavy atom. The molecule has 7 nitrogen and oxygen atoms in total. The van der Waals surface area contributed by atoms with Gasteiger partial charge in [0, 0.05) is 12.7 Å². The van der Waals surface area contributed by atoms with Crippen molar-refractivity contribution in [2.75, 3.05) is 30.0 Å². The number of amides is 1. The predicted molar refractivity (Wildman–Crippen MR) is 117 cm³/mol. The number of carbonyl (C=O) groups excluding carboxylic acids is 1. The highest BCUT2D eigenvalue weighted by Gasteiger charge is 2.18. The van der Waals surface area contributed by atoms with E-state index < -0.39 is 15.9 Å². The first-order chi connectivity index (χ1) is 14.3. The van der Waals surface area contributed by atoms with E-state index >= 15 is 0 Å². The standard InChI is InChI=1S/C22H22N2O5S/c1-24(30(3,26)27)17-11-14-21(28-2)20(15-17)22(25)23-16-9-12-19(13-10-16)29-18-7-5-4-6-8-18/h4-15H,1-3H3,(H,23,25). The van der Waals surface area contributed by atoms with Crippen LogP contribution in [0.15, 0.2) is 72.8 Å².